The highest BCUT2D eigenvalue weighted by atomic mass is 15.1. The molecule has 0 aromatic heterocycles. The van der Waals surface area contributed by atoms with Gasteiger partial charge in [0.25, 0.3) is 0 Å². The molecule has 0 bridgehead atoms. The van der Waals surface area contributed by atoms with E-state index >= 15 is 0 Å². The zero-order valence-corrected chi connectivity index (χ0v) is 11.1. The van der Waals surface area contributed by atoms with E-state index in [2.05, 4.69) is 29.4 Å². The van der Waals surface area contributed by atoms with E-state index < -0.39 is 0 Å². The molecule has 16 heavy (non-hydrogen) atoms. The number of likely N-dealkylation sites (N-methyl/N-ethyl adjacent to an activating group) is 1. The van der Waals surface area contributed by atoms with Crippen molar-refractivity contribution in [2.45, 2.75) is 33.1 Å². The van der Waals surface area contributed by atoms with Gasteiger partial charge in [0.15, 0.2) is 0 Å². The molecule has 0 amide bonds. The van der Waals surface area contributed by atoms with Crippen LogP contribution in [0.15, 0.2) is 0 Å². The highest BCUT2D eigenvalue weighted by molar-refractivity contribution is 4.70. The van der Waals surface area contributed by atoms with Gasteiger partial charge >= 0.3 is 0 Å². The Kier molecular flexibility index (Phi) is 7.81. The van der Waals surface area contributed by atoms with Gasteiger partial charge in [-0.25, -0.2) is 0 Å². The third-order valence-corrected chi connectivity index (χ3v) is 3.48. The fourth-order valence-corrected chi connectivity index (χ4v) is 2.37. The Morgan fingerprint density at radius 1 is 1.19 bits per heavy atom. The Bertz CT molecular complexity index is 149. The van der Waals surface area contributed by atoms with Gasteiger partial charge in [0.1, 0.15) is 0 Å². The highest BCUT2D eigenvalue weighted by Gasteiger charge is 2.11. The van der Waals surface area contributed by atoms with E-state index in [-0.39, 0.29) is 0 Å². The minimum atomic E-state index is 0.905. The lowest BCUT2D eigenvalue weighted by molar-refractivity contribution is 0.280. The van der Waals surface area contributed by atoms with Crippen LogP contribution < -0.4 is 10.6 Å². The number of hydrogen-bond donors (Lipinski definition) is 2. The second-order valence-electron chi connectivity index (χ2n) is 4.83. The summed E-state index contributed by atoms with van der Waals surface area (Å²) in [6.45, 7) is 12.9. The smallest absolute Gasteiger partial charge is 0.0107 e. The van der Waals surface area contributed by atoms with Crippen molar-refractivity contribution < 1.29 is 0 Å². The largest absolute Gasteiger partial charge is 0.317 e. The molecule has 0 unspecified atom stereocenters. The first kappa shape index (κ1) is 13.9. The molecule has 2 N–H and O–H groups in total. The minimum absolute atomic E-state index is 0.905. The minimum Gasteiger partial charge on any atom is -0.317 e. The van der Waals surface area contributed by atoms with Crippen LogP contribution in [0.5, 0.6) is 0 Å². The van der Waals surface area contributed by atoms with E-state index in [9.17, 15) is 0 Å². The molecule has 0 atom stereocenters. The molecule has 1 aliphatic heterocycles. The van der Waals surface area contributed by atoms with Gasteiger partial charge in [0, 0.05) is 13.1 Å². The average molecular weight is 227 g/mol. The lowest BCUT2D eigenvalue weighted by atomic mass is 9.98. The van der Waals surface area contributed by atoms with Crippen molar-refractivity contribution in [2.24, 2.45) is 5.92 Å². The van der Waals surface area contributed by atoms with Crippen molar-refractivity contribution >= 4 is 0 Å². The molecule has 1 fully saturated rings. The van der Waals surface area contributed by atoms with Crippen LogP contribution in [0.1, 0.15) is 33.1 Å². The number of piperidine rings is 1. The zero-order valence-electron chi connectivity index (χ0n) is 11.1. The van der Waals surface area contributed by atoms with E-state index in [0.717, 1.165) is 12.5 Å². The maximum atomic E-state index is 3.61. The molecule has 1 saturated heterocycles. The number of nitrogens with zero attached hydrogens (tertiary/aromatic N) is 1. The summed E-state index contributed by atoms with van der Waals surface area (Å²) in [6.07, 6.45) is 3.96. The summed E-state index contributed by atoms with van der Waals surface area (Å²) in [5.41, 5.74) is 0. The summed E-state index contributed by atoms with van der Waals surface area (Å²) < 4.78 is 0. The summed E-state index contributed by atoms with van der Waals surface area (Å²) in [5.74, 6) is 0.905. The van der Waals surface area contributed by atoms with Crippen molar-refractivity contribution in [2.75, 3.05) is 45.8 Å². The quantitative estimate of drug-likeness (QED) is 0.612. The van der Waals surface area contributed by atoms with Crippen molar-refractivity contribution in [1.82, 2.24) is 15.5 Å². The molecule has 3 heteroatoms. The Labute approximate surface area is 101 Å². The van der Waals surface area contributed by atoms with Gasteiger partial charge in [0.2, 0.25) is 0 Å². The molecule has 3 nitrogen and oxygen atoms in total. The predicted molar refractivity (Wildman–Crippen MR) is 70.9 cm³/mol. The van der Waals surface area contributed by atoms with Crippen LogP contribution in [0.3, 0.4) is 0 Å². The highest BCUT2D eigenvalue weighted by Crippen LogP contribution is 2.09. The van der Waals surface area contributed by atoms with Crippen LogP contribution >= 0.6 is 0 Å². The maximum absolute atomic E-state index is 3.61. The van der Waals surface area contributed by atoms with E-state index in [1.165, 1.54) is 58.5 Å². The summed E-state index contributed by atoms with van der Waals surface area (Å²) in [7, 11) is 0. The van der Waals surface area contributed by atoms with Crippen LogP contribution in [-0.4, -0.2) is 50.7 Å². The number of hydrogen-bond acceptors (Lipinski definition) is 3. The fourth-order valence-electron chi connectivity index (χ4n) is 2.37. The molecule has 1 rings (SSSR count). The monoisotopic (exact) mass is 227 g/mol. The van der Waals surface area contributed by atoms with Crippen LogP contribution in [0, 0.1) is 5.92 Å². The Morgan fingerprint density at radius 2 is 1.94 bits per heavy atom. The van der Waals surface area contributed by atoms with Crippen molar-refractivity contribution in [3.8, 4) is 0 Å². The van der Waals surface area contributed by atoms with Gasteiger partial charge in [-0.05, 0) is 57.9 Å². The molecule has 1 heterocycles. The molecule has 0 aromatic rings. The van der Waals surface area contributed by atoms with E-state index in [1.807, 2.05) is 0 Å². The molecule has 1 aliphatic rings. The van der Waals surface area contributed by atoms with Gasteiger partial charge in [-0.15, -0.1) is 0 Å². The van der Waals surface area contributed by atoms with Crippen molar-refractivity contribution in [3.63, 3.8) is 0 Å². The number of rotatable bonds is 8. The Balaban J connectivity index is 1.97. The molecular weight excluding hydrogens is 198 g/mol. The number of nitrogens with one attached hydrogen (secondary N) is 2. The van der Waals surface area contributed by atoms with Crippen LogP contribution in [0.25, 0.3) is 0 Å². The molecule has 0 spiro atoms. The van der Waals surface area contributed by atoms with E-state index in [4.69, 9.17) is 0 Å². The molecule has 0 saturated carbocycles. The van der Waals surface area contributed by atoms with Gasteiger partial charge in [-0.1, -0.05) is 13.8 Å². The molecule has 96 valence electrons. The third kappa shape index (κ3) is 5.83. The first-order valence-electron chi connectivity index (χ1n) is 7.00. The molecule has 0 radical (unpaired) electrons. The summed E-state index contributed by atoms with van der Waals surface area (Å²) in [6, 6.07) is 0. The first-order valence-corrected chi connectivity index (χ1v) is 7.00. The molecule has 0 aromatic carbocycles. The molecule has 0 aliphatic carbocycles. The van der Waals surface area contributed by atoms with Gasteiger partial charge in [-0.2, -0.15) is 0 Å². The molecular formula is C13H29N3. The van der Waals surface area contributed by atoms with Crippen molar-refractivity contribution in [1.29, 1.82) is 0 Å². The lowest BCUT2D eigenvalue weighted by Crippen LogP contribution is -2.37. The third-order valence-electron chi connectivity index (χ3n) is 3.48. The summed E-state index contributed by atoms with van der Waals surface area (Å²) in [4.78, 5) is 2.52. The zero-order chi connectivity index (χ0) is 11.6. The van der Waals surface area contributed by atoms with E-state index in [0.29, 0.717) is 0 Å². The second-order valence-corrected chi connectivity index (χ2v) is 4.83. The van der Waals surface area contributed by atoms with Crippen LogP contribution in [-0.2, 0) is 0 Å². The predicted octanol–water partition coefficient (Wildman–Crippen LogP) is 1.31. The lowest BCUT2D eigenvalue weighted by Gasteiger charge is -2.24. The Morgan fingerprint density at radius 3 is 2.56 bits per heavy atom. The van der Waals surface area contributed by atoms with Crippen LogP contribution in [0.2, 0.25) is 0 Å². The fraction of sp³-hybridized carbons (Fsp3) is 1.00. The van der Waals surface area contributed by atoms with Crippen LogP contribution in [0.4, 0.5) is 0 Å². The first-order chi connectivity index (χ1) is 7.86. The average Bonchev–Trinajstić information content (AvgIpc) is 2.34. The Hall–Kier alpha value is -0.120. The van der Waals surface area contributed by atoms with Crippen molar-refractivity contribution in [3.05, 3.63) is 0 Å². The summed E-state index contributed by atoms with van der Waals surface area (Å²) >= 11 is 0. The topological polar surface area (TPSA) is 27.3 Å². The second kappa shape index (κ2) is 8.97. The standard InChI is InChI=1S/C13H29N3/c1-3-10-16(4-2)11-9-15-12-13-5-7-14-8-6-13/h13-15H,3-12H2,1-2H3. The summed E-state index contributed by atoms with van der Waals surface area (Å²) in [5, 5.41) is 7.02. The van der Waals surface area contributed by atoms with Gasteiger partial charge in [-0.3, -0.25) is 0 Å². The maximum Gasteiger partial charge on any atom is 0.0107 e. The normalized spacial score (nSPS) is 18.2. The SMILES string of the molecule is CCCN(CC)CCNCC1CCNCC1. The van der Waals surface area contributed by atoms with Gasteiger partial charge < -0.3 is 15.5 Å². The van der Waals surface area contributed by atoms with E-state index in [1.54, 1.807) is 0 Å². The van der Waals surface area contributed by atoms with Gasteiger partial charge in [0.05, 0.1) is 0 Å².